The summed E-state index contributed by atoms with van der Waals surface area (Å²) in [6, 6.07) is 6.81. The summed E-state index contributed by atoms with van der Waals surface area (Å²) >= 11 is 6.87. The largest absolute Gasteiger partial charge is 0.432 e. The van der Waals surface area contributed by atoms with Crippen LogP contribution in [0.15, 0.2) is 28.7 Å². The molecule has 4 nitrogen and oxygen atoms in total. The van der Waals surface area contributed by atoms with Crippen LogP contribution in [-0.4, -0.2) is 18.7 Å². The molecule has 0 N–H and O–H groups in total. The number of para-hydroxylation sites is 1. The van der Waals surface area contributed by atoms with Gasteiger partial charge in [0.15, 0.2) is 0 Å². The smallest absolute Gasteiger partial charge is 0.268 e. The summed E-state index contributed by atoms with van der Waals surface area (Å²) in [5, 5.41) is 0.459. The van der Waals surface area contributed by atoms with Crippen LogP contribution in [0.1, 0.15) is 0 Å². The number of halogens is 1. The number of rotatable bonds is 1. The highest BCUT2D eigenvalue weighted by atomic mass is 35.5. The first-order chi connectivity index (χ1) is 7.07. The second-order valence-electron chi connectivity index (χ2n) is 2.73. The van der Waals surface area contributed by atoms with Crippen LogP contribution in [0.4, 0.5) is 0 Å². The molecule has 0 fully saturated rings. The van der Waals surface area contributed by atoms with Gasteiger partial charge in [-0.1, -0.05) is 23.7 Å². The van der Waals surface area contributed by atoms with Crippen LogP contribution in [0.5, 0.6) is 5.75 Å². The highest BCUT2D eigenvalue weighted by Crippen LogP contribution is 2.27. The van der Waals surface area contributed by atoms with Crippen molar-refractivity contribution in [1.29, 1.82) is 0 Å². The molecule has 0 radical (unpaired) electrons. The molecule has 80 valence electrons. The third kappa shape index (κ3) is 2.64. The Morgan fingerprint density at radius 3 is 2.73 bits per heavy atom. The first-order valence-corrected chi connectivity index (χ1v) is 6.92. The first-order valence-electron chi connectivity index (χ1n) is 3.95. The number of nitrogens with zero attached hydrogens (tertiary/aromatic N) is 1. The lowest BCUT2D eigenvalue weighted by Gasteiger charge is -2.03. The molecule has 15 heavy (non-hydrogen) atoms. The Kier molecular flexibility index (Phi) is 2.90. The average molecular weight is 264 g/mol. The molecule has 0 amide bonds. The van der Waals surface area contributed by atoms with Crippen LogP contribution in [-0.2, 0) is 10.0 Å². The molecule has 0 atom stereocenters. The lowest BCUT2D eigenvalue weighted by Crippen LogP contribution is -2.00. The van der Waals surface area contributed by atoms with E-state index >= 15 is 0 Å². The number of benzene rings is 1. The summed E-state index contributed by atoms with van der Waals surface area (Å²) in [5.41, 5.74) is 0. The van der Waals surface area contributed by atoms with Gasteiger partial charge in [-0.2, -0.15) is 0 Å². The number of ether oxygens (including phenoxy) is 1. The maximum Gasteiger partial charge on any atom is 0.268 e. The summed E-state index contributed by atoms with van der Waals surface area (Å²) in [6.45, 7) is 0. The van der Waals surface area contributed by atoms with Crippen molar-refractivity contribution < 1.29 is 13.2 Å². The summed E-state index contributed by atoms with van der Waals surface area (Å²) in [5.74, 6) is 0.405. The molecule has 1 aliphatic rings. The fourth-order valence-corrected chi connectivity index (χ4v) is 3.31. The fourth-order valence-electron chi connectivity index (χ4n) is 0.961. The molecule has 0 bridgehead atoms. The van der Waals surface area contributed by atoms with E-state index in [4.69, 9.17) is 16.3 Å². The van der Waals surface area contributed by atoms with Gasteiger partial charge in [0.2, 0.25) is 0 Å². The highest BCUT2D eigenvalue weighted by molar-refractivity contribution is 8.24. The average Bonchev–Trinajstić information content (AvgIpc) is 2.50. The Bertz CT molecular complexity index is 512. The van der Waals surface area contributed by atoms with Crippen LogP contribution in [0.25, 0.3) is 0 Å². The van der Waals surface area contributed by atoms with E-state index in [0.717, 1.165) is 11.8 Å². The molecule has 2 rings (SSSR count). The number of hydrogen-bond donors (Lipinski definition) is 0. The molecule has 0 unspecified atom stereocenters. The zero-order valence-electron chi connectivity index (χ0n) is 7.38. The molecule has 1 aromatic carbocycles. The minimum Gasteiger partial charge on any atom is -0.432 e. The predicted octanol–water partition coefficient (Wildman–Crippen LogP) is 2.11. The Labute approximate surface area is 96.4 Å². The van der Waals surface area contributed by atoms with Gasteiger partial charge in [-0.3, -0.25) is 0 Å². The fraction of sp³-hybridized carbons (Fsp3) is 0.125. The van der Waals surface area contributed by atoms with E-state index in [9.17, 15) is 8.42 Å². The predicted molar refractivity (Wildman–Crippen MR) is 60.9 cm³/mol. The molecule has 1 aliphatic heterocycles. The van der Waals surface area contributed by atoms with Crippen molar-refractivity contribution in [2.75, 3.05) is 5.08 Å². The van der Waals surface area contributed by atoms with E-state index < -0.39 is 10.0 Å². The minimum atomic E-state index is -3.35. The molecule has 0 spiro atoms. The van der Waals surface area contributed by atoms with Crippen LogP contribution < -0.4 is 4.74 Å². The Hall–Kier alpha value is -0.720. The van der Waals surface area contributed by atoms with Gasteiger partial charge < -0.3 is 4.74 Å². The van der Waals surface area contributed by atoms with Gasteiger partial charge in [-0.05, 0) is 23.9 Å². The molecule has 1 heterocycles. The lowest BCUT2D eigenvalue weighted by molar-refractivity contribution is 0.566. The third-order valence-corrected chi connectivity index (χ3v) is 4.54. The van der Waals surface area contributed by atoms with Gasteiger partial charge in [0.05, 0.1) is 5.02 Å². The van der Waals surface area contributed by atoms with Crippen LogP contribution in [0.3, 0.4) is 0 Å². The van der Waals surface area contributed by atoms with Crippen molar-refractivity contribution in [2.45, 2.75) is 0 Å². The van der Waals surface area contributed by atoms with Gasteiger partial charge in [-0.25, -0.2) is 8.42 Å². The third-order valence-electron chi connectivity index (χ3n) is 1.58. The summed E-state index contributed by atoms with van der Waals surface area (Å²) in [6.07, 6.45) is 0. The van der Waals surface area contributed by atoms with Gasteiger partial charge in [0, 0.05) is 0 Å². The molecular weight excluding hydrogens is 258 g/mol. The van der Waals surface area contributed by atoms with Gasteiger partial charge in [0.1, 0.15) is 10.8 Å². The minimum absolute atomic E-state index is 0.0766. The molecule has 0 aromatic heterocycles. The Morgan fingerprint density at radius 2 is 2.13 bits per heavy atom. The van der Waals surface area contributed by atoms with E-state index in [-0.39, 0.29) is 10.3 Å². The van der Waals surface area contributed by atoms with Crippen LogP contribution in [0.2, 0.25) is 5.02 Å². The summed E-state index contributed by atoms with van der Waals surface area (Å²) in [7, 11) is -3.35. The Morgan fingerprint density at radius 1 is 1.40 bits per heavy atom. The summed E-state index contributed by atoms with van der Waals surface area (Å²) < 4.78 is 30.7. The van der Waals surface area contributed by atoms with Gasteiger partial charge in [-0.15, -0.1) is 4.40 Å². The van der Waals surface area contributed by atoms with Crippen molar-refractivity contribution in [3.8, 4) is 5.75 Å². The van der Waals surface area contributed by atoms with E-state index in [1.54, 1.807) is 24.3 Å². The maximum atomic E-state index is 11.0. The topological polar surface area (TPSA) is 55.7 Å². The zero-order valence-corrected chi connectivity index (χ0v) is 9.77. The molecule has 0 saturated heterocycles. The van der Waals surface area contributed by atoms with Crippen molar-refractivity contribution in [3.63, 3.8) is 0 Å². The lowest BCUT2D eigenvalue weighted by atomic mass is 10.3. The molecule has 1 aromatic rings. The number of hydrogen-bond acceptors (Lipinski definition) is 4. The Balaban J connectivity index is 2.21. The van der Waals surface area contributed by atoms with Crippen molar-refractivity contribution in [2.24, 2.45) is 4.40 Å². The zero-order chi connectivity index (χ0) is 10.9. The van der Waals surface area contributed by atoms with Gasteiger partial charge in [0.25, 0.3) is 15.3 Å². The van der Waals surface area contributed by atoms with E-state index in [1.807, 2.05) is 0 Å². The van der Waals surface area contributed by atoms with Crippen molar-refractivity contribution >= 4 is 38.6 Å². The van der Waals surface area contributed by atoms with E-state index in [1.165, 1.54) is 0 Å². The number of thioether (sulfide) groups is 1. The maximum absolute atomic E-state index is 11.0. The van der Waals surface area contributed by atoms with Crippen LogP contribution in [0, 0.1) is 0 Å². The second-order valence-corrected chi connectivity index (χ2v) is 6.07. The molecule has 0 aliphatic carbocycles. The number of sulfonamides is 1. The summed E-state index contributed by atoms with van der Waals surface area (Å²) in [4.78, 5) is 0. The van der Waals surface area contributed by atoms with Crippen LogP contribution >= 0.6 is 23.4 Å². The highest BCUT2D eigenvalue weighted by Gasteiger charge is 2.23. The quantitative estimate of drug-likeness (QED) is 0.779. The first kappa shape index (κ1) is 10.8. The van der Waals surface area contributed by atoms with E-state index in [0.29, 0.717) is 10.8 Å². The SMILES string of the molecule is O=S1(=O)CSC(Oc2ccccc2Cl)=N1. The molecule has 7 heteroatoms. The van der Waals surface area contributed by atoms with Crippen molar-refractivity contribution in [3.05, 3.63) is 29.3 Å². The molecular formula is C8H6ClNO3S2. The normalized spacial score (nSPS) is 18.6. The monoisotopic (exact) mass is 263 g/mol. The van der Waals surface area contributed by atoms with E-state index in [2.05, 4.69) is 4.40 Å². The second kappa shape index (κ2) is 4.03. The molecule has 0 saturated carbocycles. The standard InChI is InChI=1S/C8H6ClNO3S2/c9-6-3-1-2-4-7(6)13-8-10-15(11,12)5-14-8/h1-4H,5H2. The van der Waals surface area contributed by atoms with Gasteiger partial charge >= 0.3 is 0 Å². The van der Waals surface area contributed by atoms with Crippen molar-refractivity contribution in [1.82, 2.24) is 0 Å².